The van der Waals surface area contributed by atoms with Crippen LogP contribution in [-0.4, -0.2) is 66.2 Å². The number of carboxylic acid groups (broad SMARTS) is 1. The van der Waals surface area contributed by atoms with E-state index in [9.17, 15) is 45.8 Å². The maximum atomic E-state index is 13.6. The van der Waals surface area contributed by atoms with Crippen molar-refractivity contribution < 1.29 is 50.3 Å². The quantitative estimate of drug-likeness (QED) is 0.173. The summed E-state index contributed by atoms with van der Waals surface area (Å²) < 4.78 is 81.1. The minimum absolute atomic E-state index is 0.0404. The van der Waals surface area contributed by atoms with Crippen molar-refractivity contribution in [2.45, 2.75) is 64.1 Å². The number of alkyl halides is 6. The van der Waals surface area contributed by atoms with Crippen LogP contribution < -0.4 is 0 Å². The van der Waals surface area contributed by atoms with Crippen molar-refractivity contribution in [3.05, 3.63) is 69.8 Å². The largest absolute Gasteiger partial charge is 0.514 e. The highest BCUT2D eigenvalue weighted by molar-refractivity contribution is 8.18. The lowest BCUT2D eigenvalue weighted by Crippen LogP contribution is -2.67. The van der Waals surface area contributed by atoms with Crippen LogP contribution in [0.2, 0.25) is 0 Å². The molecule has 0 aliphatic carbocycles. The molecule has 1 unspecified atom stereocenters. The number of rotatable bonds is 5. The number of carbonyl (C=O) groups excluding carboxylic acids is 2. The Morgan fingerprint density at radius 3 is 2.40 bits per heavy atom. The molecule has 2 aromatic carbocycles. The number of quaternary nitrogens is 1. The topological polar surface area (TPSA) is 92.5 Å². The van der Waals surface area contributed by atoms with Gasteiger partial charge in [-0.3, -0.25) is 19.2 Å². The lowest BCUT2D eigenvalue weighted by atomic mass is 9.99. The lowest BCUT2D eigenvalue weighted by molar-refractivity contribution is -0.913. The summed E-state index contributed by atoms with van der Waals surface area (Å²) in [6.07, 6.45) is -6.90. The van der Waals surface area contributed by atoms with Crippen molar-refractivity contribution in [2.75, 3.05) is 13.1 Å². The average Bonchev–Trinajstić information content (AvgIpc) is 3.60. The van der Waals surface area contributed by atoms with Gasteiger partial charge in [-0.25, -0.2) is 4.48 Å². The summed E-state index contributed by atoms with van der Waals surface area (Å²) >= 11 is 0.732. The molecule has 3 amide bonds. The molecule has 240 valence electrons. The van der Waals surface area contributed by atoms with Gasteiger partial charge < -0.3 is 5.11 Å². The first kappa shape index (κ1) is 32.5. The minimum Gasteiger partial charge on any atom is -0.435 e. The van der Waals surface area contributed by atoms with Crippen LogP contribution >= 0.6 is 11.8 Å². The van der Waals surface area contributed by atoms with Crippen molar-refractivity contribution in [3.8, 4) is 0 Å². The number of hydrogen-bond donors (Lipinski definition) is 1. The summed E-state index contributed by atoms with van der Waals surface area (Å²) in [5.74, 6) is -0.549. The first-order chi connectivity index (χ1) is 20.8. The predicted molar refractivity (Wildman–Crippen MR) is 154 cm³/mol. The molecule has 2 fully saturated rings. The second-order valence-corrected chi connectivity index (χ2v) is 13.1. The fourth-order valence-electron chi connectivity index (χ4n) is 6.29. The first-order valence-corrected chi connectivity index (χ1v) is 14.7. The SMILES string of the molecule is CC(C)(C)[N+]1(C(=O)O)CCC[C@H]1CN1C(=O)SC(=Cc2ccc3c(cnn3Cc3ccc(C(F)(F)F)cc3C(F)(F)F)c2)C1=O. The third-order valence-electron chi connectivity index (χ3n) is 8.50. The predicted octanol–water partition coefficient (Wildman–Crippen LogP) is 7.61. The zero-order valence-electron chi connectivity index (χ0n) is 24.4. The summed E-state index contributed by atoms with van der Waals surface area (Å²) in [6.45, 7) is 5.38. The van der Waals surface area contributed by atoms with Crippen LogP contribution in [0.1, 0.15) is 55.9 Å². The van der Waals surface area contributed by atoms with E-state index in [1.54, 1.807) is 18.2 Å². The highest BCUT2D eigenvalue weighted by Gasteiger charge is 2.57. The van der Waals surface area contributed by atoms with E-state index in [2.05, 4.69) is 5.10 Å². The molecule has 1 aromatic heterocycles. The second kappa shape index (κ2) is 11.2. The fourth-order valence-corrected chi connectivity index (χ4v) is 7.14. The van der Waals surface area contributed by atoms with Gasteiger partial charge in [0.05, 0.1) is 47.4 Å². The molecule has 2 aliphatic heterocycles. The Labute approximate surface area is 257 Å². The number of benzene rings is 2. The number of halogens is 6. The van der Waals surface area contributed by atoms with E-state index in [0.717, 1.165) is 22.7 Å². The molecule has 1 N–H and O–H groups in total. The van der Waals surface area contributed by atoms with Gasteiger partial charge >= 0.3 is 18.4 Å². The molecule has 3 aromatic rings. The molecule has 15 heteroatoms. The molecule has 8 nitrogen and oxygen atoms in total. The van der Waals surface area contributed by atoms with Gasteiger partial charge in [-0.15, -0.1) is 0 Å². The Morgan fingerprint density at radius 1 is 1.07 bits per heavy atom. The van der Waals surface area contributed by atoms with Crippen molar-refractivity contribution >= 4 is 46.0 Å². The Balaban J connectivity index is 1.38. The van der Waals surface area contributed by atoms with Crippen molar-refractivity contribution in [1.29, 1.82) is 0 Å². The number of fused-ring (bicyclic) bond motifs is 1. The number of aromatic nitrogens is 2. The number of nitrogens with zero attached hydrogens (tertiary/aromatic N) is 4. The van der Waals surface area contributed by atoms with Crippen LogP contribution in [-0.2, 0) is 23.7 Å². The van der Waals surface area contributed by atoms with Gasteiger partial charge in [0.25, 0.3) is 11.1 Å². The summed E-state index contributed by atoms with van der Waals surface area (Å²) in [5.41, 5.74) is -2.96. The van der Waals surface area contributed by atoms with E-state index >= 15 is 0 Å². The van der Waals surface area contributed by atoms with E-state index in [-0.39, 0.29) is 22.0 Å². The third-order valence-corrected chi connectivity index (χ3v) is 9.41. The Morgan fingerprint density at radius 2 is 1.78 bits per heavy atom. The van der Waals surface area contributed by atoms with E-state index in [0.29, 0.717) is 41.9 Å². The highest BCUT2D eigenvalue weighted by atomic mass is 32.2. The van der Waals surface area contributed by atoms with Gasteiger partial charge in [-0.1, -0.05) is 12.1 Å². The Bertz CT molecular complexity index is 1730. The minimum atomic E-state index is -5.02. The number of amides is 3. The molecule has 2 saturated heterocycles. The summed E-state index contributed by atoms with van der Waals surface area (Å²) in [5, 5.41) is 14.3. The monoisotopic (exact) mass is 655 g/mol. The molecule has 0 spiro atoms. The number of likely N-dealkylation sites (tertiary alicyclic amines) is 1. The lowest BCUT2D eigenvalue weighted by Gasteiger charge is -2.45. The van der Waals surface area contributed by atoms with Crippen molar-refractivity contribution in [3.63, 3.8) is 0 Å². The summed E-state index contributed by atoms with van der Waals surface area (Å²) in [4.78, 5) is 39.8. The van der Waals surface area contributed by atoms with Crippen LogP contribution in [0, 0.1) is 0 Å². The van der Waals surface area contributed by atoms with Crippen molar-refractivity contribution in [1.82, 2.24) is 14.7 Å². The van der Waals surface area contributed by atoms with E-state index in [1.807, 2.05) is 20.8 Å². The molecule has 0 bridgehead atoms. The van der Waals surface area contributed by atoms with Gasteiger partial charge in [0.2, 0.25) is 0 Å². The Hall–Kier alpha value is -3.85. The molecule has 0 saturated carbocycles. The van der Waals surface area contributed by atoms with Crippen LogP contribution in [0.25, 0.3) is 17.0 Å². The molecule has 5 rings (SSSR count). The molecule has 2 aliphatic rings. The number of carbonyl (C=O) groups is 3. The maximum Gasteiger partial charge on any atom is 0.514 e. The van der Waals surface area contributed by atoms with Gasteiger partial charge in [0.1, 0.15) is 11.6 Å². The molecule has 45 heavy (non-hydrogen) atoms. The van der Waals surface area contributed by atoms with E-state index in [4.69, 9.17) is 0 Å². The fraction of sp³-hybridized carbons (Fsp3) is 0.400. The molecule has 0 radical (unpaired) electrons. The molecular weight excluding hydrogens is 626 g/mol. The average molecular weight is 656 g/mol. The smallest absolute Gasteiger partial charge is 0.435 e. The van der Waals surface area contributed by atoms with Crippen LogP contribution in [0.4, 0.5) is 35.9 Å². The maximum absolute atomic E-state index is 13.6. The van der Waals surface area contributed by atoms with E-state index < -0.39 is 64.4 Å². The van der Waals surface area contributed by atoms with E-state index in [1.165, 1.54) is 17.0 Å². The van der Waals surface area contributed by atoms with Crippen LogP contribution in [0.5, 0.6) is 0 Å². The zero-order chi connectivity index (χ0) is 33.1. The van der Waals surface area contributed by atoms with Crippen LogP contribution in [0.3, 0.4) is 0 Å². The van der Waals surface area contributed by atoms with Gasteiger partial charge in [0.15, 0.2) is 0 Å². The zero-order valence-corrected chi connectivity index (χ0v) is 25.2. The van der Waals surface area contributed by atoms with Gasteiger partial charge in [-0.2, -0.15) is 36.2 Å². The first-order valence-electron chi connectivity index (χ1n) is 13.9. The van der Waals surface area contributed by atoms with Gasteiger partial charge in [0, 0.05) is 18.2 Å². The molecular formula is C30H29F6N4O4S+. The second-order valence-electron chi connectivity index (χ2n) is 12.1. The Kier molecular flexibility index (Phi) is 8.09. The summed E-state index contributed by atoms with van der Waals surface area (Å²) in [7, 11) is 0. The molecule has 2 atom stereocenters. The van der Waals surface area contributed by atoms with Crippen LogP contribution in [0.15, 0.2) is 47.5 Å². The number of hydrogen-bond acceptors (Lipinski definition) is 5. The van der Waals surface area contributed by atoms with Crippen molar-refractivity contribution in [2.24, 2.45) is 0 Å². The molecule has 3 heterocycles. The normalized spacial score (nSPS) is 22.3. The summed E-state index contributed by atoms with van der Waals surface area (Å²) in [6, 6.07) is 5.75. The standard InChI is InChI=1S/C30H28F6N4O4S/c1-28(2,3)40(27(43)44)10-4-5-21(40)16-38-25(41)24(45-26(38)42)12-17-6-9-23-19(11-17)14-37-39(23)15-18-7-8-20(29(31,32)33)13-22(18)30(34,35)36/h6-9,11-14,21H,4-5,10,15-16H2,1-3H3/p+1/t21-,40?/m0/s1. The number of imide groups is 1. The van der Waals surface area contributed by atoms with Gasteiger partial charge in [-0.05, 0) is 74.0 Å². The number of thioether (sulfide) groups is 1. The third kappa shape index (κ3) is 5.94. The highest BCUT2D eigenvalue weighted by Crippen LogP contribution is 2.41.